The van der Waals surface area contributed by atoms with E-state index in [1.807, 2.05) is 25.7 Å². The quantitative estimate of drug-likeness (QED) is 0.751. The zero-order valence-corrected chi connectivity index (χ0v) is 11.5. The predicted molar refractivity (Wildman–Crippen MR) is 70.2 cm³/mol. The van der Waals surface area contributed by atoms with Crippen LogP contribution in [0, 0.1) is 0 Å². The monoisotopic (exact) mass is 256 g/mol. The third-order valence-electron chi connectivity index (χ3n) is 2.84. The van der Waals surface area contributed by atoms with Crippen LogP contribution in [0.2, 0.25) is 0 Å². The number of amides is 1. The highest BCUT2D eigenvalue weighted by Gasteiger charge is 2.25. The fraction of sp³-hybridized carbons (Fsp3) is 0.769. The lowest BCUT2D eigenvalue weighted by atomic mass is 10.1. The molecular formula is C13H24N2O3. The van der Waals surface area contributed by atoms with E-state index in [2.05, 4.69) is 11.9 Å². The topological polar surface area (TPSA) is 61.8 Å². The first-order valence-electron chi connectivity index (χ1n) is 6.36. The van der Waals surface area contributed by atoms with Crippen molar-refractivity contribution in [3.63, 3.8) is 0 Å². The van der Waals surface area contributed by atoms with Gasteiger partial charge >= 0.3 is 6.09 Å². The van der Waals surface area contributed by atoms with Crippen LogP contribution < -0.4 is 5.32 Å². The van der Waals surface area contributed by atoms with Gasteiger partial charge in [-0.25, -0.2) is 4.79 Å². The molecular weight excluding hydrogens is 232 g/mol. The van der Waals surface area contributed by atoms with Crippen LogP contribution in [0.25, 0.3) is 0 Å². The van der Waals surface area contributed by atoms with E-state index in [1.54, 1.807) is 0 Å². The molecule has 5 heteroatoms. The van der Waals surface area contributed by atoms with Gasteiger partial charge in [-0.15, -0.1) is 0 Å². The molecule has 5 nitrogen and oxygen atoms in total. The van der Waals surface area contributed by atoms with Gasteiger partial charge in [0.05, 0.1) is 0 Å². The Balaban J connectivity index is 2.31. The number of alkyl carbamates (subject to hydrolysis) is 1. The Morgan fingerprint density at radius 3 is 2.50 bits per heavy atom. The lowest BCUT2D eigenvalue weighted by Crippen LogP contribution is -2.48. The fourth-order valence-electron chi connectivity index (χ4n) is 1.93. The molecule has 0 saturated carbocycles. The molecule has 1 rings (SSSR count). The van der Waals surface area contributed by atoms with Gasteiger partial charge in [0.15, 0.2) is 0 Å². The van der Waals surface area contributed by atoms with E-state index in [0.29, 0.717) is 0 Å². The summed E-state index contributed by atoms with van der Waals surface area (Å²) in [5.41, 5.74) is -0.468. The molecule has 1 atom stereocenters. The summed E-state index contributed by atoms with van der Waals surface area (Å²) in [6.07, 6.45) is 2.17. The molecule has 1 heterocycles. The largest absolute Gasteiger partial charge is 0.444 e. The van der Waals surface area contributed by atoms with Crippen LogP contribution in [-0.2, 0) is 4.74 Å². The van der Waals surface area contributed by atoms with E-state index in [-0.39, 0.29) is 12.1 Å². The molecule has 0 bridgehead atoms. The Bertz CT molecular complexity index is 291. The first-order chi connectivity index (χ1) is 8.31. The van der Waals surface area contributed by atoms with Crippen molar-refractivity contribution in [2.75, 3.05) is 13.1 Å². The number of hydrogen-bond donors (Lipinski definition) is 2. The number of aliphatic hydroxyl groups excluding tert-OH is 1. The average molecular weight is 256 g/mol. The van der Waals surface area contributed by atoms with Gasteiger partial charge in [0.2, 0.25) is 0 Å². The van der Waals surface area contributed by atoms with Crippen molar-refractivity contribution >= 4 is 6.09 Å². The lowest BCUT2D eigenvalue weighted by Gasteiger charge is -2.34. The molecule has 1 aliphatic rings. The summed E-state index contributed by atoms with van der Waals surface area (Å²) in [7, 11) is 0. The first-order valence-corrected chi connectivity index (χ1v) is 6.36. The van der Waals surface area contributed by atoms with Crippen LogP contribution >= 0.6 is 0 Å². The molecule has 0 spiro atoms. The summed E-state index contributed by atoms with van der Waals surface area (Å²) in [4.78, 5) is 13.5. The Morgan fingerprint density at radius 2 is 2.06 bits per heavy atom. The molecule has 0 aromatic rings. The highest BCUT2D eigenvalue weighted by Crippen LogP contribution is 2.14. The van der Waals surface area contributed by atoms with Gasteiger partial charge in [0, 0.05) is 19.1 Å². The van der Waals surface area contributed by atoms with Crippen molar-refractivity contribution in [1.82, 2.24) is 10.2 Å². The molecule has 104 valence electrons. The van der Waals surface area contributed by atoms with Crippen molar-refractivity contribution in [2.45, 2.75) is 51.5 Å². The Labute approximate surface area is 109 Å². The highest BCUT2D eigenvalue weighted by molar-refractivity contribution is 5.68. The maximum Gasteiger partial charge on any atom is 0.407 e. The van der Waals surface area contributed by atoms with Crippen LogP contribution in [0.1, 0.15) is 33.6 Å². The summed E-state index contributed by atoms with van der Waals surface area (Å²) < 4.78 is 5.21. The second-order valence-corrected chi connectivity index (χ2v) is 5.61. The second kappa shape index (κ2) is 6.20. The standard InChI is InChI=1S/C13H24N2O3/c1-5-11(16)15-8-6-10(7-9-15)14-12(17)18-13(2,3)4/h5,10-11,16H,1,6-9H2,2-4H3,(H,14,17). The molecule has 1 aliphatic heterocycles. The third-order valence-corrected chi connectivity index (χ3v) is 2.84. The summed E-state index contributed by atoms with van der Waals surface area (Å²) in [6.45, 7) is 10.6. The maximum atomic E-state index is 11.6. The number of piperidine rings is 1. The zero-order chi connectivity index (χ0) is 13.8. The molecule has 1 unspecified atom stereocenters. The molecule has 1 saturated heterocycles. The first kappa shape index (κ1) is 15.0. The van der Waals surface area contributed by atoms with E-state index < -0.39 is 11.8 Å². The molecule has 18 heavy (non-hydrogen) atoms. The number of carbonyl (C=O) groups excluding carboxylic acids is 1. The maximum absolute atomic E-state index is 11.6. The van der Waals surface area contributed by atoms with E-state index in [4.69, 9.17) is 4.74 Å². The van der Waals surface area contributed by atoms with Crippen molar-refractivity contribution in [2.24, 2.45) is 0 Å². The summed E-state index contributed by atoms with van der Waals surface area (Å²) in [5.74, 6) is 0. The van der Waals surface area contributed by atoms with Gasteiger partial charge < -0.3 is 15.2 Å². The van der Waals surface area contributed by atoms with E-state index in [0.717, 1.165) is 25.9 Å². The van der Waals surface area contributed by atoms with Crippen LogP contribution in [0.3, 0.4) is 0 Å². The van der Waals surface area contributed by atoms with Crippen LogP contribution in [0.5, 0.6) is 0 Å². The zero-order valence-electron chi connectivity index (χ0n) is 11.5. The number of ether oxygens (including phenoxy) is 1. The van der Waals surface area contributed by atoms with Gasteiger partial charge in [-0.05, 0) is 39.7 Å². The van der Waals surface area contributed by atoms with Crippen molar-refractivity contribution in [3.05, 3.63) is 12.7 Å². The van der Waals surface area contributed by atoms with Crippen molar-refractivity contribution < 1.29 is 14.6 Å². The van der Waals surface area contributed by atoms with Crippen molar-refractivity contribution in [3.8, 4) is 0 Å². The fourth-order valence-corrected chi connectivity index (χ4v) is 1.93. The van der Waals surface area contributed by atoms with Crippen molar-refractivity contribution in [1.29, 1.82) is 0 Å². The van der Waals surface area contributed by atoms with Crippen LogP contribution in [0.4, 0.5) is 4.79 Å². The Hall–Kier alpha value is -1.07. The van der Waals surface area contributed by atoms with Gasteiger partial charge in [-0.1, -0.05) is 6.58 Å². The summed E-state index contributed by atoms with van der Waals surface area (Å²) in [6, 6.07) is 0.119. The van der Waals surface area contributed by atoms with Gasteiger partial charge in [-0.2, -0.15) is 0 Å². The SMILES string of the molecule is C=CC(O)N1CCC(NC(=O)OC(C)(C)C)CC1. The number of hydrogen-bond acceptors (Lipinski definition) is 4. The van der Waals surface area contributed by atoms with Gasteiger partial charge in [0.25, 0.3) is 0 Å². The molecule has 0 radical (unpaired) electrons. The normalized spacial score (nSPS) is 20.2. The minimum absolute atomic E-state index is 0.119. The summed E-state index contributed by atoms with van der Waals surface area (Å²) >= 11 is 0. The average Bonchev–Trinajstić information content (AvgIpc) is 2.26. The van der Waals surface area contributed by atoms with E-state index in [9.17, 15) is 9.90 Å². The second-order valence-electron chi connectivity index (χ2n) is 5.61. The number of aliphatic hydroxyl groups is 1. The number of nitrogens with one attached hydrogen (secondary N) is 1. The number of nitrogens with zero attached hydrogens (tertiary/aromatic N) is 1. The Morgan fingerprint density at radius 1 is 1.50 bits per heavy atom. The third kappa shape index (κ3) is 5.06. The lowest BCUT2D eigenvalue weighted by molar-refractivity contribution is 0.0178. The van der Waals surface area contributed by atoms with E-state index in [1.165, 1.54) is 6.08 Å². The smallest absolute Gasteiger partial charge is 0.407 e. The minimum Gasteiger partial charge on any atom is -0.444 e. The molecule has 1 fully saturated rings. The predicted octanol–water partition coefficient (Wildman–Crippen LogP) is 1.48. The minimum atomic E-state index is -0.590. The molecule has 0 aromatic heterocycles. The number of likely N-dealkylation sites (tertiary alicyclic amines) is 1. The Kier molecular flexibility index (Phi) is 5.16. The molecule has 1 amide bonds. The molecule has 0 aromatic carbocycles. The van der Waals surface area contributed by atoms with Gasteiger partial charge in [-0.3, -0.25) is 4.90 Å². The van der Waals surface area contributed by atoms with Crippen LogP contribution in [0.15, 0.2) is 12.7 Å². The van der Waals surface area contributed by atoms with Gasteiger partial charge in [0.1, 0.15) is 11.8 Å². The highest BCUT2D eigenvalue weighted by atomic mass is 16.6. The molecule has 2 N–H and O–H groups in total. The number of rotatable bonds is 3. The number of carbonyl (C=O) groups is 1. The van der Waals surface area contributed by atoms with Crippen LogP contribution in [-0.4, -0.2) is 47.1 Å². The molecule has 0 aliphatic carbocycles. The summed E-state index contributed by atoms with van der Waals surface area (Å²) in [5, 5.41) is 12.5. The van der Waals surface area contributed by atoms with E-state index >= 15 is 0 Å².